The average molecular weight is 283 g/mol. The monoisotopic (exact) mass is 282 g/mol. The van der Waals surface area contributed by atoms with E-state index in [2.05, 4.69) is 62.3 Å². The minimum Gasteiger partial charge on any atom is -0.0654 e. The highest BCUT2D eigenvalue weighted by molar-refractivity contribution is 4.92. The highest BCUT2D eigenvalue weighted by atomic mass is 14.5. The van der Waals surface area contributed by atoms with Crippen LogP contribution in [0, 0.1) is 28.6 Å². The molecule has 0 aliphatic rings. The molecule has 0 amide bonds. The van der Waals surface area contributed by atoms with Crippen molar-refractivity contribution in [2.24, 2.45) is 28.6 Å². The minimum absolute atomic E-state index is 0.480. The van der Waals surface area contributed by atoms with Crippen LogP contribution in [0.1, 0.15) is 101 Å². The molecule has 0 rings (SSSR count). The quantitative estimate of drug-likeness (QED) is 0.393. The lowest BCUT2D eigenvalue weighted by Gasteiger charge is -2.49. The zero-order chi connectivity index (χ0) is 16.0. The first-order chi connectivity index (χ1) is 9.21. The molecule has 0 saturated heterocycles. The molecule has 0 heteroatoms. The van der Waals surface area contributed by atoms with E-state index >= 15 is 0 Å². The Morgan fingerprint density at radius 2 is 1.20 bits per heavy atom. The van der Waals surface area contributed by atoms with Gasteiger partial charge in [-0.05, 0) is 35.0 Å². The third-order valence-electron chi connectivity index (χ3n) is 6.82. The molecule has 0 heterocycles. The molecule has 0 bridgehead atoms. The van der Waals surface area contributed by atoms with Crippen LogP contribution >= 0.6 is 0 Å². The van der Waals surface area contributed by atoms with Crippen molar-refractivity contribution < 1.29 is 0 Å². The molecule has 0 spiro atoms. The van der Waals surface area contributed by atoms with Gasteiger partial charge in [-0.1, -0.05) is 94.4 Å². The third-order valence-corrected chi connectivity index (χ3v) is 6.82. The summed E-state index contributed by atoms with van der Waals surface area (Å²) in [5.41, 5.74) is 0.967. The molecule has 0 aliphatic carbocycles. The molecular weight excluding hydrogens is 240 g/mol. The Bertz CT molecular complexity index is 249. The summed E-state index contributed by atoms with van der Waals surface area (Å²) in [7, 11) is 0. The number of hydrogen-bond donors (Lipinski definition) is 0. The first-order valence-electron chi connectivity index (χ1n) is 9.21. The molecular formula is C20H42. The first kappa shape index (κ1) is 20.0. The van der Waals surface area contributed by atoms with E-state index in [1.807, 2.05) is 0 Å². The fourth-order valence-corrected chi connectivity index (χ4v) is 4.20. The standard InChI is InChI=1S/C20H42/c1-10-14-17(7)18(16(5)6)15-20(9,13-4)19(8,11-2)12-3/h16-18H,10-15H2,1-9H3. The van der Waals surface area contributed by atoms with Crippen LogP contribution < -0.4 is 0 Å². The van der Waals surface area contributed by atoms with Gasteiger partial charge in [0.25, 0.3) is 0 Å². The molecule has 0 aliphatic heterocycles. The van der Waals surface area contributed by atoms with Crippen LogP contribution in [0.4, 0.5) is 0 Å². The fourth-order valence-electron chi connectivity index (χ4n) is 4.20. The molecule has 0 fully saturated rings. The van der Waals surface area contributed by atoms with E-state index in [0.717, 1.165) is 17.8 Å². The zero-order valence-electron chi connectivity index (χ0n) is 16.0. The number of hydrogen-bond acceptors (Lipinski definition) is 0. The predicted molar refractivity (Wildman–Crippen MR) is 94.1 cm³/mol. The van der Waals surface area contributed by atoms with E-state index in [1.54, 1.807) is 0 Å². The number of rotatable bonds is 10. The summed E-state index contributed by atoms with van der Waals surface area (Å²) in [5, 5.41) is 0. The van der Waals surface area contributed by atoms with Crippen LogP contribution in [0.2, 0.25) is 0 Å². The summed E-state index contributed by atoms with van der Waals surface area (Å²) in [4.78, 5) is 0. The maximum Gasteiger partial charge on any atom is -0.0272 e. The minimum atomic E-state index is 0.480. The van der Waals surface area contributed by atoms with Crippen molar-refractivity contribution in [3.8, 4) is 0 Å². The Labute approximate surface area is 130 Å². The van der Waals surface area contributed by atoms with Gasteiger partial charge >= 0.3 is 0 Å². The predicted octanol–water partition coefficient (Wildman–Crippen LogP) is 7.33. The first-order valence-corrected chi connectivity index (χ1v) is 9.21. The van der Waals surface area contributed by atoms with Crippen molar-refractivity contribution in [3.63, 3.8) is 0 Å². The van der Waals surface area contributed by atoms with Crippen molar-refractivity contribution in [2.45, 2.75) is 101 Å². The van der Waals surface area contributed by atoms with Crippen LogP contribution in [0.3, 0.4) is 0 Å². The van der Waals surface area contributed by atoms with Gasteiger partial charge in [-0.2, -0.15) is 0 Å². The Balaban J connectivity index is 5.23. The van der Waals surface area contributed by atoms with Crippen LogP contribution in [-0.4, -0.2) is 0 Å². The summed E-state index contributed by atoms with van der Waals surface area (Å²) in [5.74, 6) is 2.54. The van der Waals surface area contributed by atoms with E-state index in [-0.39, 0.29) is 0 Å². The maximum atomic E-state index is 2.56. The Kier molecular flexibility index (Phi) is 8.44. The average Bonchev–Trinajstić information content (AvgIpc) is 2.43. The highest BCUT2D eigenvalue weighted by Gasteiger charge is 2.42. The molecule has 0 saturated carbocycles. The molecule has 122 valence electrons. The summed E-state index contributed by atoms with van der Waals surface area (Å²) in [6.45, 7) is 21.9. The Hall–Kier alpha value is 0. The van der Waals surface area contributed by atoms with Crippen molar-refractivity contribution in [3.05, 3.63) is 0 Å². The molecule has 0 nitrogen and oxygen atoms in total. The van der Waals surface area contributed by atoms with Gasteiger partial charge in [0.1, 0.15) is 0 Å². The van der Waals surface area contributed by atoms with E-state index in [9.17, 15) is 0 Å². The summed E-state index contributed by atoms with van der Waals surface area (Å²) < 4.78 is 0. The van der Waals surface area contributed by atoms with E-state index in [1.165, 1.54) is 38.5 Å². The van der Waals surface area contributed by atoms with Gasteiger partial charge in [-0.25, -0.2) is 0 Å². The summed E-state index contributed by atoms with van der Waals surface area (Å²) in [6.07, 6.45) is 8.04. The third kappa shape index (κ3) is 4.50. The summed E-state index contributed by atoms with van der Waals surface area (Å²) in [6, 6.07) is 0. The largest absolute Gasteiger partial charge is 0.0654 e. The molecule has 0 aromatic rings. The van der Waals surface area contributed by atoms with Crippen LogP contribution in [0.25, 0.3) is 0 Å². The molecule has 3 unspecified atom stereocenters. The second-order valence-electron chi connectivity index (χ2n) is 8.06. The van der Waals surface area contributed by atoms with E-state index < -0.39 is 0 Å². The molecule has 0 N–H and O–H groups in total. The second-order valence-corrected chi connectivity index (χ2v) is 8.06. The van der Waals surface area contributed by atoms with Crippen molar-refractivity contribution in [1.82, 2.24) is 0 Å². The second kappa shape index (κ2) is 8.44. The summed E-state index contributed by atoms with van der Waals surface area (Å²) >= 11 is 0. The van der Waals surface area contributed by atoms with Gasteiger partial charge in [-0.3, -0.25) is 0 Å². The van der Waals surface area contributed by atoms with Gasteiger partial charge < -0.3 is 0 Å². The van der Waals surface area contributed by atoms with Crippen molar-refractivity contribution >= 4 is 0 Å². The van der Waals surface area contributed by atoms with Gasteiger partial charge in [0.2, 0.25) is 0 Å². The van der Waals surface area contributed by atoms with E-state index in [0.29, 0.717) is 10.8 Å². The lowest BCUT2D eigenvalue weighted by molar-refractivity contribution is 0.00882. The fraction of sp³-hybridized carbons (Fsp3) is 1.00. The molecule has 20 heavy (non-hydrogen) atoms. The van der Waals surface area contributed by atoms with Gasteiger partial charge in [0.15, 0.2) is 0 Å². The molecule has 0 aromatic carbocycles. The van der Waals surface area contributed by atoms with Crippen LogP contribution in [0.15, 0.2) is 0 Å². The zero-order valence-corrected chi connectivity index (χ0v) is 16.0. The maximum absolute atomic E-state index is 2.56. The van der Waals surface area contributed by atoms with Gasteiger partial charge in [0.05, 0.1) is 0 Å². The lowest BCUT2D eigenvalue weighted by Crippen LogP contribution is -2.40. The van der Waals surface area contributed by atoms with Crippen LogP contribution in [0.5, 0.6) is 0 Å². The highest BCUT2D eigenvalue weighted by Crippen LogP contribution is 2.52. The van der Waals surface area contributed by atoms with E-state index in [4.69, 9.17) is 0 Å². The molecule has 3 atom stereocenters. The van der Waals surface area contributed by atoms with Crippen LogP contribution in [-0.2, 0) is 0 Å². The normalized spacial score (nSPS) is 18.9. The molecule has 0 radical (unpaired) electrons. The van der Waals surface area contributed by atoms with Crippen molar-refractivity contribution in [1.29, 1.82) is 0 Å². The van der Waals surface area contributed by atoms with Gasteiger partial charge in [-0.15, -0.1) is 0 Å². The smallest absolute Gasteiger partial charge is 0.0272 e. The lowest BCUT2D eigenvalue weighted by atomic mass is 9.56. The topological polar surface area (TPSA) is 0 Å². The SMILES string of the molecule is CCCC(C)C(CC(C)(CC)C(C)(CC)CC)C(C)C. The Morgan fingerprint density at radius 3 is 1.50 bits per heavy atom. The molecule has 0 aromatic heterocycles. The van der Waals surface area contributed by atoms with Crippen molar-refractivity contribution in [2.75, 3.05) is 0 Å². The Morgan fingerprint density at radius 1 is 0.750 bits per heavy atom. The van der Waals surface area contributed by atoms with Gasteiger partial charge in [0, 0.05) is 0 Å².